The van der Waals surface area contributed by atoms with E-state index in [4.69, 9.17) is 0 Å². The van der Waals surface area contributed by atoms with Crippen molar-refractivity contribution in [1.29, 1.82) is 10.5 Å². The van der Waals surface area contributed by atoms with Crippen molar-refractivity contribution < 1.29 is 8.78 Å². The lowest BCUT2D eigenvalue weighted by molar-refractivity contribution is 0.576. The van der Waals surface area contributed by atoms with Crippen LogP contribution in [-0.4, -0.2) is 4.57 Å². The van der Waals surface area contributed by atoms with Crippen molar-refractivity contribution in [3.8, 4) is 17.8 Å². The highest BCUT2D eigenvalue weighted by Gasteiger charge is 2.15. The summed E-state index contributed by atoms with van der Waals surface area (Å²) in [6.07, 6.45) is 1.60. The molecule has 0 saturated heterocycles. The van der Waals surface area contributed by atoms with Gasteiger partial charge in [0.2, 0.25) is 0 Å². The number of hydrogen-bond donors (Lipinski definition) is 0. The Hall–Kier alpha value is -3.55. The van der Waals surface area contributed by atoms with Crippen LogP contribution >= 0.6 is 11.3 Å². The van der Waals surface area contributed by atoms with Crippen LogP contribution in [0.3, 0.4) is 0 Å². The van der Waals surface area contributed by atoms with E-state index in [1.807, 2.05) is 25.1 Å². The summed E-state index contributed by atoms with van der Waals surface area (Å²) in [6.45, 7) is 1.90. The van der Waals surface area contributed by atoms with E-state index in [1.54, 1.807) is 24.3 Å². The molecule has 0 amide bonds. The van der Waals surface area contributed by atoms with Crippen LogP contribution < -0.4 is 14.8 Å². The predicted molar refractivity (Wildman–Crippen MR) is 98.5 cm³/mol. The number of aryl methyl sites for hydroxylation is 1. The Morgan fingerprint density at radius 1 is 1.15 bits per heavy atom. The average molecular weight is 379 g/mol. The van der Waals surface area contributed by atoms with Gasteiger partial charge in [0.05, 0.1) is 10.2 Å². The summed E-state index contributed by atoms with van der Waals surface area (Å²) in [6, 6.07) is 13.6. The molecule has 4 nitrogen and oxygen atoms in total. The summed E-state index contributed by atoms with van der Waals surface area (Å²) in [5.41, 5.74) is 0.600. The summed E-state index contributed by atoms with van der Waals surface area (Å²) >= 11 is 0.904. The van der Waals surface area contributed by atoms with Crippen LogP contribution in [0.15, 0.2) is 47.3 Å². The van der Waals surface area contributed by atoms with Crippen molar-refractivity contribution in [2.75, 3.05) is 0 Å². The zero-order valence-corrected chi connectivity index (χ0v) is 14.8. The summed E-state index contributed by atoms with van der Waals surface area (Å²) in [4.78, 5) is 12.9. The fourth-order valence-electron chi connectivity index (χ4n) is 2.56. The number of thiazole rings is 1. The van der Waals surface area contributed by atoms with E-state index >= 15 is 0 Å². The molecule has 0 aliphatic carbocycles. The topological polar surface area (TPSA) is 69.6 Å². The molecule has 0 radical (unpaired) electrons. The Labute approximate surface area is 156 Å². The first kappa shape index (κ1) is 18.2. The third-order valence-corrected chi connectivity index (χ3v) is 4.84. The number of aromatic nitrogens is 1. The van der Waals surface area contributed by atoms with Crippen molar-refractivity contribution in [2.45, 2.75) is 6.92 Å². The van der Waals surface area contributed by atoms with Crippen LogP contribution in [0.4, 0.5) is 8.78 Å². The van der Waals surface area contributed by atoms with E-state index in [0.717, 1.165) is 39.2 Å². The first-order valence-corrected chi connectivity index (χ1v) is 8.56. The number of benzene rings is 2. The zero-order chi connectivity index (χ0) is 19.6. The monoisotopic (exact) mass is 379 g/mol. The van der Waals surface area contributed by atoms with Gasteiger partial charge in [-0.1, -0.05) is 29.8 Å². The van der Waals surface area contributed by atoms with Gasteiger partial charge in [-0.15, -0.1) is 11.3 Å². The molecule has 1 heterocycles. The Morgan fingerprint density at radius 2 is 1.89 bits per heavy atom. The van der Waals surface area contributed by atoms with Crippen molar-refractivity contribution >= 4 is 23.0 Å². The molecule has 3 rings (SSSR count). The third kappa shape index (κ3) is 3.55. The van der Waals surface area contributed by atoms with Crippen molar-refractivity contribution in [3.05, 3.63) is 84.8 Å². The Kier molecular flexibility index (Phi) is 4.98. The van der Waals surface area contributed by atoms with E-state index in [2.05, 4.69) is 0 Å². The lowest BCUT2D eigenvalue weighted by atomic mass is 10.1. The summed E-state index contributed by atoms with van der Waals surface area (Å²) in [5.74, 6) is -1.76. The summed E-state index contributed by atoms with van der Waals surface area (Å²) < 4.78 is 28.7. The Bertz CT molecular complexity index is 1290. The van der Waals surface area contributed by atoms with Crippen LogP contribution in [0.2, 0.25) is 0 Å². The van der Waals surface area contributed by atoms with Crippen LogP contribution in [0.1, 0.15) is 11.1 Å². The molecule has 0 spiro atoms. The minimum absolute atomic E-state index is 0.00517. The van der Waals surface area contributed by atoms with Gasteiger partial charge in [-0.25, -0.2) is 8.78 Å². The highest BCUT2D eigenvalue weighted by molar-refractivity contribution is 7.07. The van der Waals surface area contributed by atoms with Gasteiger partial charge in [-0.2, -0.15) is 10.5 Å². The average Bonchev–Trinajstić information content (AvgIpc) is 2.93. The number of rotatable bonds is 2. The molecule has 0 saturated carbocycles. The maximum atomic E-state index is 14.3. The van der Waals surface area contributed by atoms with Crippen LogP contribution in [0.25, 0.3) is 17.3 Å². The molecule has 7 heteroatoms. The van der Waals surface area contributed by atoms with Gasteiger partial charge in [0.1, 0.15) is 28.4 Å². The lowest BCUT2D eigenvalue weighted by Crippen LogP contribution is -2.31. The van der Waals surface area contributed by atoms with Gasteiger partial charge in [-0.05, 0) is 30.7 Å². The molecule has 0 bridgehead atoms. The van der Waals surface area contributed by atoms with E-state index in [9.17, 15) is 24.1 Å². The van der Waals surface area contributed by atoms with Crippen molar-refractivity contribution in [1.82, 2.24) is 4.57 Å². The number of halogens is 2. The maximum absolute atomic E-state index is 14.3. The maximum Gasteiger partial charge on any atom is 0.273 e. The highest BCUT2D eigenvalue weighted by Crippen LogP contribution is 2.12. The van der Waals surface area contributed by atoms with E-state index in [-0.39, 0.29) is 20.5 Å². The molecule has 132 valence electrons. The number of nitrogens with zero attached hydrogens (tertiary/aromatic N) is 3. The van der Waals surface area contributed by atoms with E-state index in [0.29, 0.717) is 6.07 Å². The highest BCUT2D eigenvalue weighted by atomic mass is 32.1. The zero-order valence-electron chi connectivity index (χ0n) is 14.0. The number of nitriles is 2. The molecule has 0 aliphatic rings. The second-order valence-corrected chi connectivity index (χ2v) is 6.70. The molecular weight excluding hydrogens is 368 g/mol. The molecular formula is C20H11F2N3OS. The van der Waals surface area contributed by atoms with Gasteiger partial charge in [0.25, 0.3) is 5.56 Å². The molecule has 0 atom stereocenters. The molecule has 3 aromatic rings. The number of hydrogen-bond acceptors (Lipinski definition) is 4. The molecule has 0 unspecified atom stereocenters. The predicted octanol–water partition coefficient (Wildman–Crippen LogP) is 2.51. The molecule has 0 N–H and O–H groups in total. The van der Waals surface area contributed by atoms with Gasteiger partial charge >= 0.3 is 0 Å². The van der Waals surface area contributed by atoms with Crippen LogP contribution in [0.5, 0.6) is 0 Å². The van der Waals surface area contributed by atoms with Crippen molar-refractivity contribution in [2.24, 2.45) is 0 Å². The standard InChI is InChI=1S/C20H11F2N3OS/c1-12-3-2-4-13(7-12)8-18-19(26)25(20(27-18)14(10-23)11-24)17-6-5-15(21)9-16(17)22/h2-9H,1H3/b18-8-. The minimum Gasteiger partial charge on any atom is -0.267 e. The van der Waals surface area contributed by atoms with Crippen LogP contribution in [-0.2, 0) is 0 Å². The normalized spacial score (nSPS) is 11.1. The van der Waals surface area contributed by atoms with Crippen molar-refractivity contribution in [3.63, 3.8) is 0 Å². The van der Waals surface area contributed by atoms with Gasteiger partial charge in [0.15, 0.2) is 5.57 Å². The summed E-state index contributed by atoms with van der Waals surface area (Å²) in [5, 5.41) is 18.4. The van der Waals surface area contributed by atoms with E-state index < -0.39 is 17.2 Å². The molecule has 1 aromatic heterocycles. The Balaban J connectivity index is 2.43. The minimum atomic E-state index is -0.964. The summed E-state index contributed by atoms with van der Waals surface area (Å²) in [7, 11) is 0. The van der Waals surface area contributed by atoms with E-state index in [1.165, 1.54) is 0 Å². The fraction of sp³-hybridized carbons (Fsp3) is 0.0500. The molecule has 0 aliphatic heterocycles. The molecule has 0 fully saturated rings. The fourth-order valence-corrected chi connectivity index (χ4v) is 3.61. The largest absolute Gasteiger partial charge is 0.273 e. The SMILES string of the molecule is Cc1cccc(/C=c2\sc(=C(C#N)C#N)n(-c3ccc(F)cc3F)c2=O)c1. The first-order valence-electron chi connectivity index (χ1n) is 7.75. The second kappa shape index (κ2) is 7.36. The second-order valence-electron chi connectivity index (χ2n) is 5.66. The van der Waals surface area contributed by atoms with Gasteiger partial charge in [-0.3, -0.25) is 9.36 Å². The lowest BCUT2D eigenvalue weighted by Gasteiger charge is -2.03. The first-order chi connectivity index (χ1) is 12.9. The molecule has 2 aromatic carbocycles. The Morgan fingerprint density at radius 3 is 2.52 bits per heavy atom. The third-order valence-electron chi connectivity index (χ3n) is 3.75. The van der Waals surface area contributed by atoms with Crippen LogP contribution in [0, 0.1) is 41.2 Å². The quantitative estimate of drug-likeness (QED) is 0.687. The molecule has 27 heavy (non-hydrogen) atoms. The smallest absolute Gasteiger partial charge is 0.267 e. The van der Waals surface area contributed by atoms with Gasteiger partial charge < -0.3 is 0 Å². The van der Waals surface area contributed by atoms with Gasteiger partial charge in [0, 0.05) is 6.07 Å².